The molecule has 9 heteroatoms. The van der Waals surface area contributed by atoms with E-state index in [0.717, 1.165) is 6.07 Å². The molecule has 1 fully saturated rings. The summed E-state index contributed by atoms with van der Waals surface area (Å²) in [6.07, 6.45) is 0.580. The van der Waals surface area contributed by atoms with E-state index in [0.29, 0.717) is 19.6 Å². The third-order valence-corrected chi connectivity index (χ3v) is 4.97. The van der Waals surface area contributed by atoms with Gasteiger partial charge in [0.2, 0.25) is 15.8 Å². The maximum atomic E-state index is 12.2. The first-order valence-electron chi connectivity index (χ1n) is 6.26. The molecule has 1 saturated heterocycles. The zero-order valence-corrected chi connectivity index (χ0v) is 12.5. The van der Waals surface area contributed by atoms with E-state index in [1.165, 1.54) is 14.0 Å². The SMILES string of the molecule is COC1(CNS(=O)(=O)c2cc(C(=O)O)oc2C)CCOC1. The summed E-state index contributed by atoms with van der Waals surface area (Å²) in [7, 11) is -2.39. The van der Waals surface area contributed by atoms with Crippen molar-refractivity contribution >= 4 is 16.0 Å². The molecule has 8 nitrogen and oxygen atoms in total. The number of carboxylic acids is 1. The molecule has 1 aromatic rings. The van der Waals surface area contributed by atoms with Crippen LogP contribution < -0.4 is 4.72 Å². The Morgan fingerprint density at radius 2 is 2.29 bits per heavy atom. The fraction of sp³-hybridized carbons (Fsp3) is 0.583. The number of hydrogen-bond acceptors (Lipinski definition) is 6. The number of carboxylic acid groups (broad SMARTS) is 1. The highest BCUT2D eigenvalue weighted by Crippen LogP contribution is 2.24. The van der Waals surface area contributed by atoms with Crippen molar-refractivity contribution in [2.75, 3.05) is 26.9 Å². The molecule has 2 rings (SSSR count). The van der Waals surface area contributed by atoms with Gasteiger partial charge in [-0.1, -0.05) is 0 Å². The van der Waals surface area contributed by atoms with Crippen molar-refractivity contribution in [3.8, 4) is 0 Å². The van der Waals surface area contributed by atoms with Crippen LogP contribution in [0.15, 0.2) is 15.4 Å². The van der Waals surface area contributed by atoms with Crippen LogP contribution in [0, 0.1) is 6.92 Å². The van der Waals surface area contributed by atoms with E-state index in [1.54, 1.807) is 0 Å². The van der Waals surface area contributed by atoms with E-state index < -0.39 is 27.4 Å². The lowest BCUT2D eigenvalue weighted by molar-refractivity contribution is -0.0120. The Kier molecular flexibility index (Phi) is 4.38. The van der Waals surface area contributed by atoms with Gasteiger partial charge in [-0.25, -0.2) is 17.9 Å². The molecule has 1 aliphatic heterocycles. The Hall–Kier alpha value is -1.42. The number of carbonyl (C=O) groups is 1. The minimum atomic E-state index is -3.88. The second-order valence-corrected chi connectivity index (χ2v) is 6.59. The summed E-state index contributed by atoms with van der Waals surface area (Å²) in [5.74, 6) is -1.72. The second kappa shape index (κ2) is 5.76. The second-order valence-electron chi connectivity index (χ2n) is 4.85. The third kappa shape index (κ3) is 3.26. The summed E-state index contributed by atoms with van der Waals surface area (Å²) in [6.45, 7) is 2.24. The molecule has 0 aliphatic carbocycles. The molecule has 0 amide bonds. The third-order valence-electron chi connectivity index (χ3n) is 3.46. The molecule has 0 radical (unpaired) electrons. The summed E-state index contributed by atoms with van der Waals surface area (Å²) in [5, 5.41) is 8.82. The lowest BCUT2D eigenvalue weighted by Gasteiger charge is -2.25. The lowest BCUT2D eigenvalue weighted by Crippen LogP contribution is -2.44. The number of furan rings is 1. The van der Waals surface area contributed by atoms with Crippen LogP contribution in [0.4, 0.5) is 0 Å². The lowest BCUT2D eigenvalue weighted by atomic mass is 10.0. The fourth-order valence-electron chi connectivity index (χ4n) is 2.10. The fourth-order valence-corrected chi connectivity index (χ4v) is 3.39. The number of rotatable bonds is 6. The molecule has 0 aromatic carbocycles. The summed E-state index contributed by atoms with van der Waals surface area (Å²) in [4.78, 5) is 10.6. The molecule has 21 heavy (non-hydrogen) atoms. The molecule has 0 saturated carbocycles. The number of methoxy groups -OCH3 is 1. The number of hydrogen-bond donors (Lipinski definition) is 2. The molecule has 2 N–H and O–H groups in total. The molecule has 1 atom stereocenters. The van der Waals surface area contributed by atoms with Crippen LogP contribution in [0.25, 0.3) is 0 Å². The summed E-state index contributed by atoms with van der Waals surface area (Å²) in [6, 6.07) is 0.991. The highest BCUT2D eigenvalue weighted by molar-refractivity contribution is 7.89. The van der Waals surface area contributed by atoms with E-state index in [2.05, 4.69) is 4.72 Å². The quantitative estimate of drug-likeness (QED) is 0.778. The van der Waals surface area contributed by atoms with Gasteiger partial charge < -0.3 is 19.0 Å². The van der Waals surface area contributed by atoms with Crippen molar-refractivity contribution in [3.63, 3.8) is 0 Å². The number of sulfonamides is 1. The average Bonchev–Trinajstić information content (AvgIpc) is 3.04. The first-order chi connectivity index (χ1) is 9.80. The first-order valence-corrected chi connectivity index (χ1v) is 7.74. The number of aromatic carboxylic acids is 1. The molecule has 0 spiro atoms. The van der Waals surface area contributed by atoms with Gasteiger partial charge in [-0.3, -0.25) is 0 Å². The van der Waals surface area contributed by atoms with E-state index >= 15 is 0 Å². The highest BCUT2D eigenvalue weighted by Gasteiger charge is 2.36. The predicted molar refractivity (Wildman–Crippen MR) is 70.8 cm³/mol. The Bertz CT molecular complexity index is 628. The van der Waals surface area contributed by atoms with Gasteiger partial charge in [0.15, 0.2) is 0 Å². The predicted octanol–water partition coefficient (Wildman–Crippen LogP) is 0.370. The van der Waals surface area contributed by atoms with Gasteiger partial charge in [-0.05, 0) is 6.92 Å². The minimum Gasteiger partial charge on any atom is -0.475 e. The van der Waals surface area contributed by atoms with Gasteiger partial charge in [0.1, 0.15) is 16.3 Å². The van der Waals surface area contributed by atoms with Gasteiger partial charge in [-0.15, -0.1) is 0 Å². The molecule has 2 heterocycles. The Balaban J connectivity index is 2.17. The largest absolute Gasteiger partial charge is 0.475 e. The summed E-state index contributed by atoms with van der Waals surface area (Å²) >= 11 is 0. The van der Waals surface area contributed by atoms with Crippen molar-refractivity contribution in [2.24, 2.45) is 0 Å². The van der Waals surface area contributed by atoms with Crippen molar-refractivity contribution in [3.05, 3.63) is 17.6 Å². The highest BCUT2D eigenvalue weighted by atomic mass is 32.2. The zero-order chi connectivity index (χ0) is 15.7. The maximum Gasteiger partial charge on any atom is 0.371 e. The molecular formula is C12H17NO7S. The van der Waals surface area contributed by atoms with Crippen LogP contribution in [0.1, 0.15) is 22.7 Å². The van der Waals surface area contributed by atoms with E-state index in [9.17, 15) is 13.2 Å². The van der Waals surface area contributed by atoms with Crippen LogP contribution in [0.5, 0.6) is 0 Å². The average molecular weight is 319 g/mol. The minimum absolute atomic E-state index is 0.0223. The Labute approximate surface area is 122 Å². The van der Waals surface area contributed by atoms with Crippen LogP contribution in [0.3, 0.4) is 0 Å². The number of ether oxygens (including phenoxy) is 2. The van der Waals surface area contributed by atoms with Gasteiger partial charge in [-0.2, -0.15) is 0 Å². The Morgan fingerprint density at radius 1 is 1.57 bits per heavy atom. The zero-order valence-electron chi connectivity index (χ0n) is 11.7. The van der Waals surface area contributed by atoms with E-state index in [4.69, 9.17) is 19.0 Å². The molecule has 118 valence electrons. The summed E-state index contributed by atoms with van der Waals surface area (Å²) < 4.78 is 42.4. The normalized spacial score (nSPS) is 22.6. The van der Waals surface area contributed by atoms with Gasteiger partial charge in [0.25, 0.3) is 0 Å². The van der Waals surface area contributed by atoms with E-state index in [-0.39, 0.29) is 17.2 Å². The van der Waals surface area contributed by atoms with Crippen molar-refractivity contribution < 1.29 is 32.2 Å². The molecule has 1 aliphatic rings. The van der Waals surface area contributed by atoms with Crippen LogP contribution in [0.2, 0.25) is 0 Å². The van der Waals surface area contributed by atoms with Crippen LogP contribution >= 0.6 is 0 Å². The van der Waals surface area contributed by atoms with Crippen molar-refractivity contribution in [1.82, 2.24) is 4.72 Å². The maximum absolute atomic E-state index is 12.2. The number of nitrogens with one attached hydrogen (secondary N) is 1. The smallest absolute Gasteiger partial charge is 0.371 e. The van der Waals surface area contributed by atoms with Gasteiger partial charge >= 0.3 is 5.97 Å². The molecule has 1 unspecified atom stereocenters. The first kappa shape index (κ1) is 16.0. The standard InChI is InChI=1S/C12H17NO7S/c1-8-10(5-9(20-8)11(14)15)21(16,17)13-6-12(18-2)3-4-19-7-12/h5,13H,3-4,6-7H2,1-2H3,(H,14,15). The molecular weight excluding hydrogens is 302 g/mol. The monoisotopic (exact) mass is 319 g/mol. The van der Waals surface area contributed by atoms with Gasteiger partial charge in [0.05, 0.1) is 6.61 Å². The van der Waals surface area contributed by atoms with Crippen molar-refractivity contribution in [2.45, 2.75) is 23.8 Å². The Morgan fingerprint density at radius 3 is 2.76 bits per heavy atom. The summed E-state index contributed by atoms with van der Waals surface area (Å²) in [5.41, 5.74) is -0.694. The molecule has 0 bridgehead atoms. The van der Waals surface area contributed by atoms with Crippen LogP contribution in [-0.4, -0.2) is 52.0 Å². The van der Waals surface area contributed by atoms with E-state index in [1.807, 2.05) is 0 Å². The topological polar surface area (TPSA) is 115 Å². The van der Waals surface area contributed by atoms with Crippen molar-refractivity contribution in [1.29, 1.82) is 0 Å². The van der Waals surface area contributed by atoms with Gasteiger partial charge in [0, 0.05) is 32.7 Å². The molecule has 1 aromatic heterocycles. The van der Waals surface area contributed by atoms with Crippen LogP contribution in [-0.2, 0) is 19.5 Å². The number of aryl methyl sites for hydroxylation is 1.